The molecule has 0 saturated carbocycles. The number of carbonyl (C=O) groups is 7. The summed E-state index contributed by atoms with van der Waals surface area (Å²) in [6.07, 6.45) is 17.5. The number of hydrogen-bond donors (Lipinski definition) is 13. The Bertz CT molecular complexity index is 7660. The molecule has 0 aliphatic carbocycles. The zero-order chi connectivity index (χ0) is 99.0. The van der Waals surface area contributed by atoms with E-state index in [1.165, 1.54) is 25.5 Å². The van der Waals surface area contributed by atoms with Gasteiger partial charge in [-0.05, 0) is 86.2 Å². The molecule has 0 bridgehead atoms. The molecule has 720 valence electrons. The van der Waals surface area contributed by atoms with Crippen LogP contribution in [0.5, 0.6) is 0 Å². The zero-order valence-electron chi connectivity index (χ0n) is 78.2. The first-order valence-corrected chi connectivity index (χ1v) is 47.3. The monoisotopic (exact) mass is 1930 g/mol. The zero-order valence-corrected chi connectivity index (χ0v) is 79.1. The number of nitrogens with zero attached hydrogens (tertiary/aromatic N) is 13. The molecule has 13 N–H and O–H groups in total. The number of methoxy groups -OCH3 is 1. The summed E-state index contributed by atoms with van der Waals surface area (Å²) in [5.74, 6) is 0.417. The molecular formula is C106H100N26O10S. The highest BCUT2D eigenvalue weighted by molar-refractivity contribution is 7.98. The average Bonchev–Trinajstić information content (AvgIpc) is 1.69. The van der Waals surface area contributed by atoms with Crippen molar-refractivity contribution in [2.75, 3.05) is 58.5 Å². The summed E-state index contributed by atoms with van der Waals surface area (Å²) < 4.78 is 15.9. The first-order valence-electron chi connectivity index (χ1n) is 46.0. The van der Waals surface area contributed by atoms with Gasteiger partial charge >= 0.3 is 0 Å². The number of amides is 7. The lowest BCUT2D eigenvalue weighted by atomic mass is 10.1. The number of rotatable bonds is 28. The number of carbonyl (C=O) groups excluding carboxylic acids is 7. The van der Waals surface area contributed by atoms with Crippen LogP contribution >= 0.6 is 11.8 Å². The molecular weight excluding hydrogens is 1830 g/mol. The van der Waals surface area contributed by atoms with Gasteiger partial charge in [0.15, 0.2) is 33.9 Å². The van der Waals surface area contributed by atoms with Crippen LogP contribution in [-0.2, 0) is 27.4 Å². The molecule has 143 heavy (non-hydrogen) atoms. The number of nitrogens with one attached hydrogen (secondary N) is 13. The number of thioether (sulfide) groups is 1. The van der Waals surface area contributed by atoms with E-state index in [4.69, 9.17) is 13.9 Å². The number of hydrogen-bond acceptors (Lipinski definition) is 24. The fraction of sp³-hybridized carbons (Fsp3) is 0.170. The first-order chi connectivity index (χ1) is 70.1. The van der Waals surface area contributed by atoms with Gasteiger partial charge in [0, 0.05) is 162 Å². The van der Waals surface area contributed by atoms with Crippen LogP contribution in [0.15, 0.2) is 303 Å². The van der Waals surface area contributed by atoms with E-state index < -0.39 is 0 Å². The van der Waals surface area contributed by atoms with Crippen LogP contribution < -0.4 is 37.2 Å². The Kier molecular flexibility index (Phi) is 33.5. The van der Waals surface area contributed by atoms with Crippen molar-refractivity contribution in [3.63, 3.8) is 0 Å². The third kappa shape index (κ3) is 25.7. The van der Waals surface area contributed by atoms with Gasteiger partial charge in [0.25, 0.3) is 35.4 Å². The molecule has 2 unspecified atom stereocenters. The molecule has 15 heterocycles. The van der Waals surface area contributed by atoms with Gasteiger partial charge < -0.3 is 51.1 Å². The molecule has 1 aliphatic heterocycles. The lowest BCUT2D eigenvalue weighted by Crippen LogP contribution is -2.37. The van der Waals surface area contributed by atoms with E-state index in [9.17, 15) is 33.6 Å². The van der Waals surface area contributed by atoms with E-state index in [1.807, 2.05) is 244 Å². The molecule has 2 atom stereocenters. The molecule has 7 amide bonds. The number of furan rings is 1. The van der Waals surface area contributed by atoms with E-state index >= 15 is 0 Å². The highest BCUT2D eigenvalue weighted by atomic mass is 32.2. The van der Waals surface area contributed by atoms with Gasteiger partial charge in [0.2, 0.25) is 5.91 Å². The Labute approximate surface area is 822 Å². The number of pyridine rings is 7. The van der Waals surface area contributed by atoms with Gasteiger partial charge in [-0.2, -0.15) is 42.4 Å². The van der Waals surface area contributed by atoms with Crippen molar-refractivity contribution < 1.29 is 47.5 Å². The summed E-state index contributed by atoms with van der Waals surface area (Å²) in [4.78, 5) is 115. The summed E-state index contributed by atoms with van der Waals surface area (Å²) in [7, 11) is 1.63. The van der Waals surface area contributed by atoms with Gasteiger partial charge in [-0.1, -0.05) is 195 Å². The molecule has 21 rings (SSSR count). The van der Waals surface area contributed by atoms with E-state index in [-0.39, 0.29) is 53.5 Å². The minimum Gasteiger partial charge on any atom is -0.467 e. The highest BCUT2D eigenvalue weighted by Gasteiger charge is 2.23. The smallest absolute Gasteiger partial charge is 0.253 e. The number of aromatic nitrogens is 19. The van der Waals surface area contributed by atoms with Gasteiger partial charge in [-0.25, -0.2) is 29.9 Å². The fourth-order valence-electron chi connectivity index (χ4n) is 15.3. The van der Waals surface area contributed by atoms with Crippen LogP contribution in [0.1, 0.15) is 107 Å². The minimum absolute atomic E-state index is 0.0175. The van der Waals surface area contributed by atoms with Crippen molar-refractivity contribution in [1.82, 2.24) is 133 Å². The maximum atomic E-state index is 12.5. The van der Waals surface area contributed by atoms with Gasteiger partial charge in [0.1, 0.15) is 5.76 Å². The van der Waals surface area contributed by atoms with Crippen LogP contribution in [0.25, 0.3) is 134 Å². The Balaban J connectivity index is 0.000000123. The average molecular weight is 1930 g/mol. The Morgan fingerprint density at radius 3 is 1.02 bits per heavy atom. The summed E-state index contributed by atoms with van der Waals surface area (Å²) in [6, 6.07) is 79.1. The van der Waals surface area contributed by atoms with E-state index in [2.05, 4.69) is 133 Å². The Hall–Kier alpha value is -18.0. The highest BCUT2D eigenvalue weighted by Crippen LogP contribution is 2.33. The van der Waals surface area contributed by atoms with Crippen molar-refractivity contribution in [2.45, 2.75) is 58.3 Å². The summed E-state index contributed by atoms with van der Waals surface area (Å²) in [5, 5.41) is 67.9. The van der Waals surface area contributed by atoms with Gasteiger partial charge in [-0.15, -0.1) is 0 Å². The van der Waals surface area contributed by atoms with Crippen LogP contribution in [0.4, 0.5) is 0 Å². The molecule has 6 aromatic carbocycles. The maximum Gasteiger partial charge on any atom is 0.253 e. The number of aromatic amines is 6. The first kappa shape index (κ1) is 98.1. The van der Waals surface area contributed by atoms with Crippen LogP contribution in [0, 0.1) is 0 Å². The van der Waals surface area contributed by atoms with E-state index in [0.717, 1.165) is 137 Å². The third-order valence-electron chi connectivity index (χ3n) is 22.7. The molecule has 1 aliphatic rings. The van der Waals surface area contributed by atoms with Gasteiger partial charge in [-0.3, -0.25) is 69.1 Å². The van der Waals surface area contributed by atoms with Crippen molar-refractivity contribution in [3.05, 3.63) is 343 Å². The standard InChI is InChI=1S/C19H15N5O.C18H18N4O2.C18H14N4O2.C18H20N4O2.C17H17N5O2.C16H16N4OS/c25-19(22-12-15-8-4-5-9-20-15)14-10-16-17(13-6-2-1-3-7-13)23-24-18(16)21-11-14;2*23-18(20-11-14-7-4-8-24-14)13-9-15-16(12-5-2-1-3-6-12)21-22-17(15)19-10-13;1-3-14(11-24-2)20-18(23)13-9-15-16(12-7-5-4-6-8-12)21-22-17(15)19-10-13;1-11(23)18-7-8-19-17(24)13-9-14-15(12-5-3-2-4-6-12)21-22-16(14)20-10-13;1-22-8-7-17-16(21)12-9-13-14(11-5-3-2-4-6-11)19-20-15(13)18-10-12/h1-11H,12H2,(H,22,25)(H,21,23,24);1-3,5-6,9-10,14H,4,7-8,11H2,(H,20,23)(H,19,21,22);1-10H,11H2,(H,20,23)(H,19,21,22);4-10,14H,3,11H2,1-2H3,(H,20,23)(H,19,21,22);2-6,9-10H,7-8H2,1H3,(H,18,23)(H,19,24)(H,20,21,22);2-6,9-10H,7-8H2,1H3,(H,17,21)(H,18,19,20). The fourth-order valence-corrected chi connectivity index (χ4v) is 15.6. The summed E-state index contributed by atoms with van der Waals surface area (Å²) in [6.45, 7) is 7.34. The van der Waals surface area contributed by atoms with Crippen LogP contribution in [-0.4, -0.2) is 208 Å². The predicted molar refractivity (Wildman–Crippen MR) is 548 cm³/mol. The second-order valence-electron chi connectivity index (χ2n) is 32.5. The second kappa shape index (κ2) is 48.9. The van der Waals surface area contributed by atoms with Crippen molar-refractivity contribution in [2.24, 2.45) is 0 Å². The van der Waals surface area contributed by atoms with Crippen LogP contribution in [0.2, 0.25) is 0 Å². The minimum atomic E-state index is -0.241. The van der Waals surface area contributed by atoms with E-state index in [1.54, 1.807) is 68.1 Å². The third-order valence-corrected chi connectivity index (χ3v) is 23.3. The molecule has 1 saturated heterocycles. The van der Waals surface area contributed by atoms with Gasteiger partial charge in [0.05, 0.1) is 111 Å². The topological polar surface area (TPSA) is 498 Å². The Morgan fingerprint density at radius 2 is 0.713 bits per heavy atom. The molecule has 0 radical (unpaired) electrons. The number of ether oxygens (including phenoxy) is 2. The van der Waals surface area contributed by atoms with E-state index in [0.29, 0.717) is 119 Å². The quantitative estimate of drug-likeness (QED) is 0.0203. The SMILES string of the molecule is CC(=O)NCCNC(=O)c1cnc2n[nH]c(-c3ccccc3)c2c1.CCC(COC)NC(=O)c1cnc2n[nH]c(-c3ccccc3)c2c1.CSCCNC(=O)c1cnc2n[nH]c(-c3ccccc3)c2c1.O=C(NCC1CCCO1)c1cnc2n[nH]c(-c3ccccc3)c2c1.O=C(NCc1ccccn1)c1cnc2n[nH]c(-c3ccccc3)c2c1.O=C(NCc1ccco1)c1cnc2n[nH]c(-c3ccccc3)c2c1. The second-order valence-corrected chi connectivity index (χ2v) is 33.5. The van der Waals surface area contributed by atoms with Crippen molar-refractivity contribution in [1.29, 1.82) is 0 Å². The normalized spacial score (nSPS) is 12.1. The molecule has 36 nitrogen and oxygen atoms in total. The lowest BCUT2D eigenvalue weighted by Gasteiger charge is -2.15. The number of fused-ring (bicyclic) bond motifs is 6. The molecule has 1 fully saturated rings. The van der Waals surface area contributed by atoms with Crippen LogP contribution in [0.3, 0.4) is 0 Å². The molecule has 0 spiro atoms. The predicted octanol–water partition coefficient (Wildman–Crippen LogP) is 15.6. The van der Waals surface area contributed by atoms with Crippen molar-refractivity contribution >= 4 is 119 Å². The summed E-state index contributed by atoms with van der Waals surface area (Å²) >= 11 is 1.70. The number of H-pyrrole nitrogens is 6. The number of benzene rings is 6. The maximum absolute atomic E-state index is 12.5. The molecule has 14 aromatic heterocycles. The van der Waals surface area contributed by atoms with Crippen molar-refractivity contribution in [3.8, 4) is 67.5 Å². The lowest BCUT2D eigenvalue weighted by molar-refractivity contribution is -0.118. The summed E-state index contributed by atoms with van der Waals surface area (Å²) in [5.41, 5.74) is 18.5. The largest absolute Gasteiger partial charge is 0.467 e. The molecule has 20 aromatic rings. The Morgan fingerprint density at radius 1 is 0.385 bits per heavy atom. The molecule has 37 heteroatoms.